The number of ketones is 1. The summed E-state index contributed by atoms with van der Waals surface area (Å²) in [4.78, 5) is 31.0. The lowest BCUT2D eigenvalue weighted by atomic mass is 9.79. The summed E-state index contributed by atoms with van der Waals surface area (Å²) < 4.78 is 19.5. The fourth-order valence-corrected chi connectivity index (χ4v) is 8.79. The van der Waals surface area contributed by atoms with Gasteiger partial charge < -0.3 is 39.3 Å². The van der Waals surface area contributed by atoms with Crippen LogP contribution >= 0.6 is 22.6 Å². The van der Waals surface area contributed by atoms with Gasteiger partial charge in [-0.15, -0.1) is 0 Å². The van der Waals surface area contributed by atoms with Crippen molar-refractivity contribution in [3.63, 3.8) is 0 Å². The van der Waals surface area contributed by atoms with Crippen molar-refractivity contribution in [2.45, 2.75) is 123 Å². The van der Waals surface area contributed by atoms with Crippen molar-refractivity contribution in [3.05, 3.63) is 24.3 Å². The Morgan fingerprint density at radius 3 is 2.27 bits per heavy atom. The van der Waals surface area contributed by atoms with E-state index >= 15 is 0 Å². The molecule has 3 heterocycles. The molecule has 3 N–H and O–H groups in total. The zero-order valence-electron chi connectivity index (χ0n) is 30.4. The summed E-state index contributed by atoms with van der Waals surface area (Å²) in [6.07, 6.45) is 4.07. The molecule has 2 fully saturated rings. The Kier molecular flexibility index (Phi) is 17.0. The third-order valence-electron chi connectivity index (χ3n) is 10.6. The Morgan fingerprint density at radius 2 is 1.67 bits per heavy atom. The maximum absolute atomic E-state index is 13.5. The van der Waals surface area contributed by atoms with Gasteiger partial charge in [0.15, 0.2) is 12.1 Å². The number of rotatable bonds is 8. The van der Waals surface area contributed by atoms with Gasteiger partial charge in [-0.1, -0.05) is 75.4 Å². The SMILES string of the molecule is CC[C@H]1OC(=O)C[C@@H](O)[C@H](C)[C@@H](OC2OC(C)C(O)C(N(C)C)C2O)[C@@H](CCN2CC(C)CC(C)C2)C[C@@H](C)C(=O)/C=C/C=C/[C@@H]1CI. The molecule has 48 heavy (non-hydrogen) atoms. The lowest BCUT2D eigenvalue weighted by Gasteiger charge is -2.47. The van der Waals surface area contributed by atoms with Crippen molar-refractivity contribution in [3.8, 4) is 0 Å². The molecule has 14 atom stereocenters. The minimum absolute atomic E-state index is 0.00627. The van der Waals surface area contributed by atoms with Gasteiger partial charge >= 0.3 is 5.97 Å². The van der Waals surface area contributed by atoms with Gasteiger partial charge in [-0.25, -0.2) is 0 Å². The summed E-state index contributed by atoms with van der Waals surface area (Å²) in [5.74, 6) is -0.435. The number of likely N-dealkylation sites (N-methyl/N-ethyl adjacent to an activating group) is 1. The van der Waals surface area contributed by atoms with E-state index in [1.807, 2.05) is 32.9 Å². The molecule has 276 valence electrons. The van der Waals surface area contributed by atoms with Gasteiger partial charge in [0.05, 0.1) is 36.9 Å². The van der Waals surface area contributed by atoms with Crippen LogP contribution in [0.4, 0.5) is 0 Å². The summed E-state index contributed by atoms with van der Waals surface area (Å²) in [5, 5.41) is 33.9. The molecule has 0 spiro atoms. The molecule has 3 aliphatic rings. The predicted molar refractivity (Wildman–Crippen MR) is 196 cm³/mol. The number of halogens is 1. The molecule has 2 saturated heterocycles. The number of aliphatic hydroxyl groups is 3. The Labute approximate surface area is 302 Å². The van der Waals surface area contributed by atoms with Crippen molar-refractivity contribution >= 4 is 34.3 Å². The van der Waals surface area contributed by atoms with Gasteiger partial charge in [0.2, 0.25) is 0 Å². The first-order valence-corrected chi connectivity index (χ1v) is 19.6. The van der Waals surface area contributed by atoms with Gasteiger partial charge in [0.1, 0.15) is 12.2 Å². The standard InChI is InChI=1S/C37H63IN2O8/c1-9-31-28(19-38)12-10-11-13-29(41)24(4)17-27(14-15-40-20-22(2)16-23(3)21-40)36(25(5)30(42)18-32(43)47-31)48-37-35(45)33(39(7)8)34(44)26(6)46-37/h10-13,22-28,30-31,33-37,42,44-45H,9,14-21H2,1-8H3/b12-10+,13-11+/t22?,23?,24-,25+,26?,27+,28-,30-,31-,33?,34?,35?,36-,37?/m1/s1. The molecule has 0 aromatic heterocycles. The molecule has 0 aromatic rings. The van der Waals surface area contributed by atoms with Gasteiger partial charge in [-0.05, 0) is 77.1 Å². The van der Waals surface area contributed by atoms with Crippen molar-refractivity contribution in [2.24, 2.45) is 35.5 Å². The number of aliphatic hydroxyl groups excluding tert-OH is 3. The zero-order valence-corrected chi connectivity index (χ0v) is 32.6. The minimum Gasteiger partial charge on any atom is -0.462 e. The molecule has 3 rings (SSSR count). The number of piperidine rings is 1. The number of hydrogen-bond acceptors (Lipinski definition) is 10. The predicted octanol–water partition coefficient (Wildman–Crippen LogP) is 4.23. The Bertz CT molecular complexity index is 1060. The number of likely N-dealkylation sites (tertiary alicyclic amines) is 1. The highest BCUT2D eigenvalue weighted by Gasteiger charge is 2.47. The fourth-order valence-electron chi connectivity index (χ4n) is 7.93. The van der Waals surface area contributed by atoms with Gasteiger partial charge in [0.25, 0.3) is 0 Å². The van der Waals surface area contributed by atoms with Gasteiger partial charge in [-0.2, -0.15) is 0 Å². The summed E-state index contributed by atoms with van der Waals surface area (Å²) in [7, 11) is 3.59. The van der Waals surface area contributed by atoms with E-state index in [4.69, 9.17) is 14.2 Å². The van der Waals surface area contributed by atoms with Crippen molar-refractivity contribution in [1.29, 1.82) is 0 Å². The van der Waals surface area contributed by atoms with Crippen LogP contribution in [0.15, 0.2) is 24.3 Å². The second-order valence-corrected chi connectivity index (χ2v) is 16.0. The third kappa shape index (κ3) is 11.5. The molecule has 0 bridgehead atoms. The second kappa shape index (κ2) is 19.6. The Balaban J connectivity index is 2.02. The van der Waals surface area contributed by atoms with Crippen LogP contribution in [0.1, 0.15) is 73.6 Å². The monoisotopic (exact) mass is 790 g/mol. The van der Waals surface area contributed by atoms with Gasteiger partial charge in [0, 0.05) is 35.3 Å². The quantitative estimate of drug-likeness (QED) is 0.187. The minimum atomic E-state index is -1.17. The maximum Gasteiger partial charge on any atom is 0.308 e. The molecular weight excluding hydrogens is 727 g/mol. The first kappa shape index (κ1) is 41.5. The summed E-state index contributed by atoms with van der Waals surface area (Å²) in [5.41, 5.74) is 0. The first-order chi connectivity index (χ1) is 22.7. The number of carbonyl (C=O) groups is 2. The highest BCUT2D eigenvalue weighted by molar-refractivity contribution is 14.1. The van der Waals surface area contributed by atoms with Crippen molar-refractivity contribution in [1.82, 2.24) is 9.80 Å². The van der Waals surface area contributed by atoms with E-state index in [9.17, 15) is 24.9 Å². The normalized spacial score (nSPS) is 42.8. The molecule has 3 aliphatic heterocycles. The van der Waals surface area contributed by atoms with E-state index in [1.165, 1.54) is 6.42 Å². The van der Waals surface area contributed by atoms with E-state index in [0.29, 0.717) is 31.1 Å². The number of cyclic esters (lactones) is 1. The number of nitrogens with zero attached hydrogens (tertiary/aromatic N) is 2. The molecular formula is C37H63IN2O8. The Morgan fingerprint density at radius 1 is 1.00 bits per heavy atom. The smallest absolute Gasteiger partial charge is 0.308 e. The lowest BCUT2D eigenvalue weighted by Crippen LogP contribution is -2.63. The van der Waals surface area contributed by atoms with Crippen LogP contribution < -0.4 is 0 Å². The summed E-state index contributed by atoms with van der Waals surface area (Å²) in [6.45, 7) is 14.9. The van der Waals surface area contributed by atoms with E-state index in [0.717, 1.165) is 24.1 Å². The number of esters is 1. The average molecular weight is 791 g/mol. The van der Waals surface area contributed by atoms with Crippen LogP contribution in [0.25, 0.3) is 0 Å². The van der Waals surface area contributed by atoms with Crippen LogP contribution in [0, 0.1) is 35.5 Å². The molecule has 7 unspecified atom stereocenters. The maximum atomic E-state index is 13.5. The van der Waals surface area contributed by atoms with E-state index in [2.05, 4.69) is 41.3 Å². The summed E-state index contributed by atoms with van der Waals surface area (Å²) >= 11 is 2.27. The van der Waals surface area contributed by atoms with E-state index in [-0.39, 0.29) is 36.1 Å². The number of ether oxygens (including phenoxy) is 3. The molecule has 11 heteroatoms. The third-order valence-corrected chi connectivity index (χ3v) is 11.7. The topological polar surface area (TPSA) is 129 Å². The van der Waals surface area contributed by atoms with Crippen LogP contribution in [-0.2, 0) is 23.8 Å². The number of carbonyl (C=O) groups excluding carboxylic acids is 2. The highest BCUT2D eigenvalue weighted by atomic mass is 127. The summed E-state index contributed by atoms with van der Waals surface area (Å²) in [6, 6.07) is -0.634. The average Bonchev–Trinajstić information content (AvgIpc) is 3.01. The fraction of sp³-hybridized carbons (Fsp3) is 0.838. The molecule has 0 amide bonds. The van der Waals surface area contributed by atoms with Crippen LogP contribution in [0.5, 0.6) is 0 Å². The number of hydrogen-bond donors (Lipinski definition) is 3. The number of allylic oxidation sites excluding steroid dienone is 3. The molecule has 0 radical (unpaired) electrons. The van der Waals surface area contributed by atoms with Gasteiger partial charge in [-0.3, -0.25) is 9.59 Å². The largest absolute Gasteiger partial charge is 0.462 e. The molecule has 0 aromatic carbocycles. The van der Waals surface area contributed by atoms with Crippen LogP contribution in [0.2, 0.25) is 0 Å². The lowest BCUT2D eigenvalue weighted by molar-refractivity contribution is -0.304. The van der Waals surface area contributed by atoms with E-state index < -0.39 is 54.7 Å². The van der Waals surface area contributed by atoms with E-state index in [1.54, 1.807) is 38.1 Å². The highest BCUT2D eigenvalue weighted by Crippen LogP contribution is 2.35. The molecule has 0 aliphatic carbocycles. The molecule has 0 saturated carbocycles. The van der Waals surface area contributed by atoms with Crippen molar-refractivity contribution < 1.29 is 39.1 Å². The number of alkyl halides is 1. The molecule has 10 nitrogen and oxygen atoms in total. The first-order valence-electron chi connectivity index (χ1n) is 18.0. The van der Waals surface area contributed by atoms with Crippen molar-refractivity contribution in [2.75, 3.05) is 38.2 Å². The Hall–Kier alpha value is -0.930. The van der Waals surface area contributed by atoms with Crippen LogP contribution in [0.3, 0.4) is 0 Å². The second-order valence-electron chi connectivity index (χ2n) is 15.2. The van der Waals surface area contributed by atoms with Crippen LogP contribution in [-0.4, -0.2) is 124 Å². The zero-order chi connectivity index (χ0) is 35.7.